The molecule has 0 atom stereocenters. The summed E-state index contributed by atoms with van der Waals surface area (Å²) >= 11 is 5.71. The minimum atomic E-state index is -3.19. The Kier molecular flexibility index (Phi) is 4.44. The summed E-state index contributed by atoms with van der Waals surface area (Å²) in [4.78, 5) is 0. The normalized spacial score (nSPS) is 20.5. The van der Waals surface area contributed by atoms with Crippen molar-refractivity contribution in [1.29, 1.82) is 0 Å². The molecule has 0 aromatic carbocycles. The van der Waals surface area contributed by atoms with E-state index in [2.05, 4.69) is 4.72 Å². The molecule has 1 N–H and O–H groups in total. The first-order chi connectivity index (χ1) is 6.87. The maximum absolute atomic E-state index is 12.0. The van der Waals surface area contributed by atoms with Gasteiger partial charge in [0.1, 0.15) is 0 Å². The number of halogens is 1. The van der Waals surface area contributed by atoms with E-state index in [1.807, 2.05) is 0 Å². The molecule has 0 amide bonds. The van der Waals surface area contributed by atoms with Crippen LogP contribution in [0.2, 0.25) is 0 Å². The minimum Gasteiger partial charge on any atom is -0.212 e. The van der Waals surface area contributed by atoms with Crippen LogP contribution in [-0.4, -0.2) is 25.1 Å². The van der Waals surface area contributed by atoms with E-state index in [-0.39, 0.29) is 5.25 Å². The van der Waals surface area contributed by atoms with E-state index in [1.165, 1.54) is 0 Å². The molecule has 0 aromatic rings. The van der Waals surface area contributed by atoms with Gasteiger partial charge in [0.25, 0.3) is 0 Å². The van der Waals surface area contributed by atoms with Crippen molar-refractivity contribution in [1.82, 2.24) is 4.72 Å². The fraction of sp³-hybridized carbons (Fsp3) is 1.00. The zero-order chi connectivity index (χ0) is 11.5. The molecule has 1 saturated carbocycles. The first-order valence-electron chi connectivity index (χ1n) is 5.46. The first-order valence-corrected chi connectivity index (χ1v) is 7.54. The van der Waals surface area contributed by atoms with Crippen LogP contribution in [0.25, 0.3) is 0 Å². The van der Waals surface area contributed by atoms with E-state index in [1.54, 1.807) is 13.8 Å². The van der Waals surface area contributed by atoms with Gasteiger partial charge in [0, 0.05) is 11.4 Å². The Morgan fingerprint density at radius 2 is 1.80 bits per heavy atom. The van der Waals surface area contributed by atoms with Gasteiger partial charge in [-0.1, -0.05) is 19.3 Å². The molecule has 0 radical (unpaired) electrons. The van der Waals surface area contributed by atoms with Gasteiger partial charge in [0.2, 0.25) is 10.0 Å². The van der Waals surface area contributed by atoms with Crippen LogP contribution in [0.5, 0.6) is 0 Å². The van der Waals surface area contributed by atoms with Crippen LogP contribution in [0.3, 0.4) is 0 Å². The summed E-state index contributed by atoms with van der Waals surface area (Å²) < 4.78 is 26.7. The average molecular weight is 254 g/mol. The Labute approximate surface area is 97.6 Å². The zero-order valence-electron chi connectivity index (χ0n) is 9.42. The molecule has 0 heterocycles. The van der Waals surface area contributed by atoms with Crippen LogP contribution >= 0.6 is 11.6 Å². The second-order valence-corrected chi connectivity index (χ2v) is 7.15. The van der Waals surface area contributed by atoms with Crippen molar-refractivity contribution >= 4 is 21.6 Å². The lowest BCUT2D eigenvalue weighted by atomic mass is 10.0. The van der Waals surface area contributed by atoms with Gasteiger partial charge >= 0.3 is 0 Å². The second kappa shape index (κ2) is 5.02. The molecule has 3 nitrogen and oxygen atoms in total. The molecule has 5 heteroatoms. The Morgan fingerprint density at radius 3 is 2.27 bits per heavy atom. The summed E-state index contributed by atoms with van der Waals surface area (Å²) in [5.74, 6) is 0.291. The van der Waals surface area contributed by atoms with Gasteiger partial charge in [-0.15, -0.1) is 11.6 Å². The van der Waals surface area contributed by atoms with Gasteiger partial charge in [-0.2, -0.15) is 0 Å². The molecule has 0 bridgehead atoms. The van der Waals surface area contributed by atoms with E-state index < -0.39 is 15.6 Å². The maximum atomic E-state index is 12.0. The van der Waals surface area contributed by atoms with Crippen LogP contribution in [0.1, 0.15) is 46.0 Å². The quantitative estimate of drug-likeness (QED) is 0.782. The smallest absolute Gasteiger partial charge is 0.212 e. The monoisotopic (exact) mass is 253 g/mol. The van der Waals surface area contributed by atoms with Gasteiger partial charge in [-0.3, -0.25) is 0 Å². The Morgan fingerprint density at radius 1 is 1.27 bits per heavy atom. The Bertz CT molecular complexity index is 295. The Hall–Kier alpha value is 0.200. The van der Waals surface area contributed by atoms with Crippen LogP contribution in [0.4, 0.5) is 0 Å². The van der Waals surface area contributed by atoms with E-state index in [0.717, 1.165) is 32.1 Å². The van der Waals surface area contributed by atoms with Crippen molar-refractivity contribution in [2.75, 3.05) is 5.88 Å². The van der Waals surface area contributed by atoms with Gasteiger partial charge < -0.3 is 0 Å². The van der Waals surface area contributed by atoms with Gasteiger partial charge in [-0.25, -0.2) is 13.1 Å². The maximum Gasteiger partial charge on any atom is 0.215 e. The SMILES string of the molecule is CC(C)(CCl)NS(=O)(=O)C1CCCCC1. The lowest BCUT2D eigenvalue weighted by Gasteiger charge is -2.28. The predicted molar refractivity (Wildman–Crippen MR) is 63.7 cm³/mol. The van der Waals surface area contributed by atoms with E-state index in [0.29, 0.717) is 5.88 Å². The second-order valence-electron chi connectivity index (χ2n) is 4.92. The molecule has 0 unspecified atom stereocenters. The van der Waals surface area contributed by atoms with Crippen LogP contribution in [0.15, 0.2) is 0 Å². The number of nitrogens with one attached hydrogen (secondary N) is 1. The molecule has 15 heavy (non-hydrogen) atoms. The Balaban J connectivity index is 2.65. The largest absolute Gasteiger partial charge is 0.215 e. The third-order valence-corrected chi connectivity index (χ3v) is 5.60. The summed E-state index contributed by atoms with van der Waals surface area (Å²) in [6, 6.07) is 0. The lowest BCUT2D eigenvalue weighted by Crippen LogP contribution is -2.48. The molecular weight excluding hydrogens is 234 g/mol. The molecule has 0 spiro atoms. The number of hydrogen-bond acceptors (Lipinski definition) is 2. The van der Waals surface area contributed by atoms with Crippen molar-refractivity contribution in [3.8, 4) is 0 Å². The van der Waals surface area contributed by atoms with Crippen molar-refractivity contribution in [3.63, 3.8) is 0 Å². The van der Waals surface area contributed by atoms with Crippen LogP contribution < -0.4 is 4.72 Å². The third kappa shape index (κ3) is 3.93. The molecule has 1 fully saturated rings. The van der Waals surface area contributed by atoms with E-state index >= 15 is 0 Å². The van der Waals surface area contributed by atoms with E-state index in [9.17, 15) is 8.42 Å². The number of hydrogen-bond donors (Lipinski definition) is 1. The molecule has 0 aliphatic heterocycles. The van der Waals surface area contributed by atoms with Gasteiger partial charge in [0.05, 0.1) is 5.25 Å². The molecular formula is C10H20ClNO2S. The van der Waals surface area contributed by atoms with Gasteiger partial charge in [0.15, 0.2) is 0 Å². The topological polar surface area (TPSA) is 46.2 Å². The summed E-state index contributed by atoms with van der Waals surface area (Å²) in [5.41, 5.74) is -0.544. The van der Waals surface area contributed by atoms with Gasteiger partial charge in [-0.05, 0) is 26.7 Å². The summed E-state index contributed by atoms with van der Waals surface area (Å²) in [7, 11) is -3.19. The standard InChI is InChI=1S/C10H20ClNO2S/c1-10(2,8-11)12-15(13,14)9-6-4-3-5-7-9/h9,12H,3-8H2,1-2H3. The molecule has 1 aliphatic carbocycles. The zero-order valence-corrected chi connectivity index (χ0v) is 11.0. The highest BCUT2D eigenvalue weighted by molar-refractivity contribution is 7.90. The number of rotatable bonds is 4. The van der Waals surface area contributed by atoms with Crippen molar-refractivity contribution < 1.29 is 8.42 Å². The molecule has 1 rings (SSSR count). The van der Waals surface area contributed by atoms with Crippen LogP contribution in [0, 0.1) is 0 Å². The first kappa shape index (κ1) is 13.3. The minimum absolute atomic E-state index is 0.214. The van der Waals surface area contributed by atoms with Crippen LogP contribution in [-0.2, 0) is 10.0 Å². The highest BCUT2D eigenvalue weighted by Crippen LogP contribution is 2.24. The fourth-order valence-corrected chi connectivity index (χ4v) is 3.98. The lowest BCUT2D eigenvalue weighted by molar-refractivity contribution is 0.451. The summed E-state index contributed by atoms with van der Waals surface area (Å²) in [6.45, 7) is 3.61. The molecule has 90 valence electrons. The number of sulfonamides is 1. The highest BCUT2D eigenvalue weighted by atomic mass is 35.5. The summed E-state index contributed by atoms with van der Waals surface area (Å²) in [5, 5.41) is -0.214. The van der Waals surface area contributed by atoms with E-state index in [4.69, 9.17) is 11.6 Å². The van der Waals surface area contributed by atoms with Crippen molar-refractivity contribution in [3.05, 3.63) is 0 Å². The fourth-order valence-electron chi connectivity index (χ4n) is 1.87. The van der Waals surface area contributed by atoms with Crippen molar-refractivity contribution in [2.45, 2.75) is 56.7 Å². The number of alkyl halides is 1. The molecule has 0 saturated heterocycles. The van der Waals surface area contributed by atoms with Crippen molar-refractivity contribution in [2.24, 2.45) is 0 Å². The average Bonchev–Trinajstić information content (AvgIpc) is 2.18. The summed E-state index contributed by atoms with van der Waals surface area (Å²) in [6.07, 6.45) is 4.77. The predicted octanol–water partition coefficient (Wildman–Crippen LogP) is 2.26. The molecule has 1 aliphatic rings. The molecule has 0 aromatic heterocycles. The highest BCUT2D eigenvalue weighted by Gasteiger charge is 2.31. The third-order valence-electron chi connectivity index (χ3n) is 2.74.